The lowest BCUT2D eigenvalue weighted by molar-refractivity contribution is 0.578. The average molecular weight is 306 g/mol. The first-order valence-electron chi connectivity index (χ1n) is 7.03. The van der Waals surface area contributed by atoms with Gasteiger partial charge in [-0.1, -0.05) is 12.1 Å². The molecule has 1 saturated heterocycles. The van der Waals surface area contributed by atoms with Gasteiger partial charge < -0.3 is 4.90 Å². The molecule has 7 heteroatoms. The molecule has 1 fully saturated rings. The highest BCUT2D eigenvalue weighted by Crippen LogP contribution is 2.29. The topological polar surface area (TPSA) is 78.1 Å². The second-order valence-corrected chi connectivity index (χ2v) is 6.74. The van der Waals surface area contributed by atoms with Gasteiger partial charge in [0.05, 0.1) is 17.6 Å². The van der Waals surface area contributed by atoms with Gasteiger partial charge in [-0.25, -0.2) is 0 Å². The fraction of sp³-hybridized carbons (Fsp3) is 0.357. The molecule has 0 spiro atoms. The van der Waals surface area contributed by atoms with Gasteiger partial charge in [0.2, 0.25) is 0 Å². The van der Waals surface area contributed by atoms with Crippen LogP contribution in [0.1, 0.15) is 19.3 Å². The number of anilines is 2. The van der Waals surface area contributed by atoms with Gasteiger partial charge in [0.1, 0.15) is 0 Å². The number of para-hydroxylation sites is 2. The molecular formula is C14H18N4O2S. The molecular weight excluding hydrogens is 288 g/mol. The molecule has 2 aromatic rings. The van der Waals surface area contributed by atoms with Crippen LogP contribution in [-0.4, -0.2) is 31.7 Å². The van der Waals surface area contributed by atoms with Gasteiger partial charge in [0, 0.05) is 13.1 Å². The van der Waals surface area contributed by atoms with Crippen LogP contribution in [0.4, 0.5) is 11.4 Å². The van der Waals surface area contributed by atoms with Gasteiger partial charge in [-0.05, 0) is 37.5 Å². The molecule has 0 bridgehead atoms. The van der Waals surface area contributed by atoms with E-state index in [0.29, 0.717) is 5.69 Å². The third kappa shape index (κ3) is 3.02. The summed E-state index contributed by atoms with van der Waals surface area (Å²) in [6.45, 7) is 1.92. The Labute approximate surface area is 124 Å². The summed E-state index contributed by atoms with van der Waals surface area (Å²) >= 11 is 0. The number of nitrogens with one attached hydrogen (secondary N) is 2. The first-order valence-corrected chi connectivity index (χ1v) is 8.51. The molecule has 2 heterocycles. The lowest BCUT2D eigenvalue weighted by Crippen LogP contribution is -2.30. The van der Waals surface area contributed by atoms with Crippen molar-refractivity contribution in [3.05, 3.63) is 36.5 Å². The number of rotatable bonds is 4. The zero-order valence-electron chi connectivity index (χ0n) is 11.6. The zero-order chi connectivity index (χ0) is 14.7. The highest BCUT2D eigenvalue weighted by Gasteiger charge is 2.20. The van der Waals surface area contributed by atoms with Crippen molar-refractivity contribution in [2.75, 3.05) is 22.7 Å². The van der Waals surface area contributed by atoms with E-state index in [9.17, 15) is 8.42 Å². The maximum Gasteiger partial charge on any atom is 0.278 e. The summed E-state index contributed by atoms with van der Waals surface area (Å²) in [6, 6.07) is 8.94. The second-order valence-electron chi connectivity index (χ2n) is 5.09. The van der Waals surface area contributed by atoms with Crippen molar-refractivity contribution in [3.8, 4) is 0 Å². The number of hydrogen-bond acceptors (Lipinski definition) is 4. The highest BCUT2D eigenvalue weighted by atomic mass is 32.2. The number of H-pyrrole nitrogens is 1. The number of sulfonamides is 1. The Morgan fingerprint density at radius 3 is 2.57 bits per heavy atom. The van der Waals surface area contributed by atoms with Crippen molar-refractivity contribution in [1.29, 1.82) is 0 Å². The molecule has 1 aliphatic rings. The molecule has 0 amide bonds. The molecule has 2 N–H and O–H groups in total. The number of hydrogen-bond donors (Lipinski definition) is 2. The van der Waals surface area contributed by atoms with Crippen LogP contribution < -0.4 is 9.62 Å². The minimum absolute atomic E-state index is 0.0657. The number of piperidine rings is 1. The fourth-order valence-electron chi connectivity index (χ4n) is 2.56. The highest BCUT2D eigenvalue weighted by molar-refractivity contribution is 7.92. The monoisotopic (exact) mass is 306 g/mol. The predicted octanol–water partition coefficient (Wildman–Crippen LogP) is 2.20. The minimum atomic E-state index is -3.63. The van der Waals surface area contributed by atoms with Crippen LogP contribution in [0, 0.1) is 0 Å². The second kappa shape index (κ2) is 5.77. The van der Waals surface area contributed by atoms with Crippen molar-refractivity contribution in [3.63, 3.8) is 0 Å². The summed E-state index contributed by atoms with van der Waals surface area (Å²) in [4.78, 5) is 2.23. The van der Waals surface area contributed by atoms with Crippen molar-refractivity contribution in [1.82, 2.24) is 10.2 Å². The molecule has 1 aromatic heterocycles. The molecule has 0 unspecified atom stereocenters. The van der Waals surface area contributed by atoms with Crippen LogP contribution >= 0.6 is 0 Å². The van der Waals surface area contributed by atoms with Crippen LogP contribution in [0.2, 0.25) is 0 Å². The van der Waals surface area contributed by atoms with E-state index in [4.69, 9.17) is 0 Å². The molecule has 0 atom stereocenters. The standard InChI is InChI=1S/C14H18N4O2S/c19-21(20,14-8-9-15-16-14)17-12-6-2-3-7-13(12)18-10-4-1-5-11-18/h2-3,6-9,17H,1,4-5,10-11H2,(H,15,16). The van der Waals surface area contributed by atoms with Gasteiger partial charge in [-0.3, -0.25) is 9.82 Å². The largest absolute Gasteiger partial charge is 0.370 e. The van der Waals surface area contributed by atoms with E-state index in [1.54, 1.807) is 6.07 Å². The third-order valence-electron chi connectivity index (χ3n) is 3.61. The summed E-state index contributed by atoms with van der Waals surface area (Å²) in [7, 11) is -3.63. The predicted molar refractivity (Wildman–Crippen MR) is 81.9 cm³/mol. The summed E-state index contributed by atoms with van der Waals surface area (Å²) in [5.74, 6) is 0. The van der Waals surface area contributed by atoms with Crippen molar-refractivity contribution < 1.29 is 8.42 Å². The van der Waals surface area contributed by atoms with Gasteiger partial charge in [-0.15, -0.1) is 0 Å². The van der Waals surface area contributed by atoms with E-state index in [0.717, 1.165) is 31.6 Å². The molecule has 0 saturated carbocycles. The quantitative estimate of drug-likeness (QED) is 0.907. The minimum Gasteiger partial charge on any atom is -0.370 e. The van der Waals surface area contributed by atoms with Crippen molar-refractivity contribution in [2.24, 2.45) is 0 Å². The van der Waals surface area contributed by atoms with Gasteiger partial charge >= 0.3 is 0 Å². The Kier molecular flexibility index (Phi) is 3.83. The molecule has 0 radical (unpaired) electrons. The number of aromatic nitrogens is 2. The lowest BCUT2D eigenvalue weighted by atomic mass is 10.1. The first-order chi connectivity index (χ1) is 10.2. The van der Waals surface area contributed by atoms with Crippen molar-refractivity contribution >= 4 is 21.4 Å². The summed E-state index contributed by atoms with van der Waals surface area (Å²) in [6.07, 6.45) is 4.94. The number of benzene rings is 1. The van der Waals surface area contributed by atoms with Gasteiger partial charge in [0.15, 0.2) is 5.03 Å². The number of nitrogens with zero attached hydrogens (tertiary/aromatic N) is 2. The van der Waals surface area contributed by atoms with E-state index in [1.807, 2.05) is 18.2 Å². The summed E-state index contributed by atoms with van der Waals surface area (Å²) < 4.78 is 27.2. The lowest BCUT2D eigenvalue weighted by Gasteiger charge is -2.30. The van der Waals surface area contributed by atoms with Crippen LogP contribution in [-0.2, 0) is 10.0 Å². The van der Waals surface area contributed by atoms with E-state index in [2.05, 4.69) is 19.8 Å². The normalized spacial score (nSPS) is 15.9. The van der Waals surface area contributed by atoms with E-state index in [-0.39, 0.29) is 5.03 Å². The molecule has 6 nitrogen and oxygen atoms in total. The van der Waals surface area contributed by atoms with Gasteiger partial charge in [-0.2, -0.15) is 13.5 Å². The Balaban J connectivity index is 1.89. The Morgan fingerprint density at radius 1 is 1.10 bits per heavy atom. The molecule has 21 heavy (non-hydrogen) atoms. The van der Waals surface area contributed by atoms with Gasteiger partial charge in [0.25, 0.3) is 10.0 Å². The van der Waals surface area contributed by atoms with E-state index >= 15 is 0 Å². The SMILES string of the molecule is O=S(=O)(Nc1ccccc1N1CCCCC1)c1ccn[nH]1. The molecule has 1 aliphatic heterocycles. The molecule has 112 valence electrons. The average Bonchev–Trinajstić information content (AvgIpc) is 3.03. The van der Waals surface area contributed by atoms with Crippen LogP contribution in [0.5, 0.6) is 0 Å². The maximum atomic E-state index is 12.3. The number of aromatic amines is 1. The van der Waals surface area contributed by atoms with Crippen LogP contribution in [0.25, 0.3) is 0 Å². The summed E-state index contributed by atoms with van der Waals surface area (Å²) in [5, 5.41) is 6.24. The Bertz CT molecular complexity index is 692. The van der Waals surface area contributed by atoms with E-state index < -0.39 is 10.0 Å². The third-order valence-corrected chi connectivity index (χ3v) is 4.90. The first kappa shape index (κ1) is 13.9. The smallest absolute Gasteiger partial charge is 0.278 e. The Hall–Kier alpha value is -2.02. The molecule has 3 rings (SSSR count). The van der Waals surface area contributed by atoms with Crippen molar-refractivity contribution in [2.45, 2.75) is 24.3 Å². The maximum absolute atomic E-state index is 12.3. The van der Waals surface area contributed by atoms with E-state index in [1.165, 1.54) is 18.7 Å². The molecule has 1 aromatic carbocycles. The summed E-state index contributed by atoms with van der Waals surface area (Å²) in [5.41, 5.74) is 1.54. The zero-order valence-corrected chi connectivity index (χ0v) is 12.4. The van der Waals surface area contributed by atoms with Crippen LogP contribution in [0.3, 0.4) is 0 Å². The Morgan fingerprint density at radius 2 is 1.86 bits per heavy atom. The fourth-order valence-corrected chi connectivity index (χ4v) is 3.55. The molecule has 0 aliphatic carbocycles. The van der Waals surface area contributed by atoms with Crippen LogP contribution in [0.15, 0.2) is 41.6 Å².